The molecule has 24 heavy (non-hydrogen) atoms. The second kappa shape index (κ2) is 8.18. The first-order valence-corrected chi connectivity index (χ1v) is 7.86. The van der Waals surface area contributed by atoms with Crippen LogP contribution < -0.4 is 9.80 Å². The Morgan fingerprint density at radius 3 is 2.46 bits per heavy atom. The number of nitrogens with zero attached hydrogens (tertiary/aromatic N) is 3. The lowest BCUT2D eigenvalue weighted by molar-refractivity contribution is 0.241. The van der Waals surface area contributed by atoms with Crippen LogP contribution in [0.5, 0.6) is 0 Å². The molecule has 0 radical (unpaired) electrons. The molecule has 0 bridgehead atoms. The van der Waals surface area contributed by atoms with Gasteiger partial charge in [0.25, 0.3) is 0 Å². The molecular weight excluding hydrogens is 302 g/mol. The van der Waals surface area contributed by atoms with Crippen LogP contribution in [0.15, 0.2) is 58.8 Å². The number of aliphatic imine (C=N–C) groups is 1. The maximum atomic E-state index is 11.1. The fraction of sp³-hybridized carbons (Fsp3) is 0.316. The predicted molar refractivity (Wildman–Crippen MR) is 99.5 cm³/mol. The molecule has 1 atom stereocenters. The molecule has 126 valence electrons. The van der Waals surface area contributed by atoms with Crippen molar-refractivity contribution in [2.45, 2.75) is 13.0 Å². The van der Waals surface area contributed by atoms with Gasteiger partial charge >= 0.3 is 0 Å². The zero-order chi connectivity index (χ0) is 17.5. The SMILES string of the molecule is CCOC1=CC(=C=O)C(N=CN(C)c2ccc(N(C)C)cc2)C=C1. The Morgan fingerprint density at radius 1 is 1.21 bits per heavy atom. The number of ether oxygens (including phenoxy) is 1. The number of hydrogen-bond acceptors (Lipinski definition) is 4. The molecule has 0 spiro atoms. The quantitative estimate of drug-likeness (QED) is 0.458. The molecular formula is C19H23N3O2. The van der Waals surface area contributed by atoms with Crippen molar-refractivity contribution in [2.24, 2.45) is 4.99 Å². The lowest BCUT2D eigenvalue weighted by Crippen LogP contribution is -2.18. The topological polar surface area (TPSA) is 45.1 Å². The van der Waals surface area contributed by atoms with E-state index in [0.717, 1.165) is 11.4 Å². The fourth-order valence-electron chi connectivity index (χ4n) is 2.28. The fourth-order valence-corrected chi connectivity index (χ4v) is 2.28. The van der Waals surface area contributed by atoms with Gasteiger partial charge in [0.15, 0.2) is 0 Å². The summed E-state index contributed by atoms with van der Waals surface area (Å²) in [5, 5.41) is 0. The van der Waals surface area contributed by atoms with Gasteiger partial charge in [-0.25, -0.2) is 4.79 Å². The van der Waals surface area contributed by atoms with Crippen molar-refractivity contribution in [3.05, 3.63) is 53.8 Å². The van der Waals surface area contributed by atoms with Gasteiger partial charge in [-0.3, -0.25) is 4.99 Å². The summed E-state index contributed by atoms with van der Waals surface area (Å²) in [5.41, 5.74) is 2.62. The molecule has 0 amide bonds. The number of hydrogen-bond donors (Lipinski definition) is 0. The molecule has 5 heteroatoms. The number of rotatable bonds is 6. The average molecular weight is 325 g/mol. The largest absolute Gasteiger partial charge is 0.494 e. The second-order valence-electron chi connectivity index (χ2n) is 5.63. The molecule has 5 nitrogen and oxygen atoms in total. The van der Waals surface area contributed by atoms with Gasteiger partial charge in [-0.15, -0.1) is 0 Å². The van der Waals surface area contributed by atoms with Crippen LogP contribution in [0.1, 0.15) is 6.92 Å². The molecule has 1 unspecified atom stereocenters. The third-order valence-corrected chi connectivity index (χ3v) is 3.66. The van der Waals surface area contributed by atoms with E-state index in [1.165, 1.54) is 0 Å². The standard InChI is InChI=1S/C19H23N3O2/c1-5-24-18-10-11-19(15(12-18)13-23)20-14-22(4)17-8-6-16(7-9-17)21(2)3/h6-12,14,19H,5H2,1-4H3. The first kappa shape index (κ1) is 17.6. The summed E-state index contributed by atoms with van der Waals surface area (Å²) in [4.78, 5) is 19.6. The Labute approximate surface area is 143 Å². The van der Waals surface area contributed by atoms with Crippen LogP contribution in [0, 0.1) is 0 Å². The zero-order valence-corrected chi connectivity index (χ0v) is 14.6. The minimum Gasteiger partial charge on any atom is -0.494 e. The van der Waals surface area contributed by atoms with E-state index < -0.39 is 0 Å². The molecule has 0 fully saturated rings. The van der Waals surface area contributed by atoms with Gasteiger partial charge in [0, 0.05) is 32.5 Å². The van der Waals surface area contributed by atoms with Crippen molar-refractivity contribution < 1.29 is 9.53 Å². The van der Waals surface area contributed by atoms with Crippen molar-refractivity contribution in [3.63, 3.8) is 0 Å². The highest BCUT2D eigenvalue weighted by Gasteiger charge is 2.14. The molecule has 2 rings (SSSR count). The number of carbonyl (C=O) groups excluding carboxylic acids is 1. The number of benzene rings is 1. The Kier molecular flexibility index (Phi) is 5.99. The lowest BCUT2D eigenvalue weighted by Gasteiger charge is -2.18. The van der Waals surface area contributed by atoms with E-state index in [-0.39, 0.29) is 6.04 Å². The highest BCUT2D eigenvalue weighted by Crippen LogP contribution is 2.20. The summed E-state index contributed by atoms with van der Waals surface area (Å²) < 4.78 is 5.40. The second-order valence-corrected chi connectivity index (χ2v) is 5.63. The molecule has 0 saturated heterocycles. The average Bonchev–Trinajstić information content (AvgIpc) is 2.60. The van der Waals surface area contributed by atoms with Crippen molar-refractivity contribution in [1.29, 1.82) is 0 Å². The van der Waals surface area contributed by atoms with E-state index in [0.29, 0.717) is 17.9 Å². The Hall–Kier alpha value is -2.78. The smallest absolute Gasteiger partial charge is 0.130 e. The van der Waals surface area contributed by atoms with Crippen molar-refractivity contribution in [1.82, 2.24) is 0 Å². The maximum absolute atomic E-state index is 11.1. The van der Waals surface area contributed by atoms with Crippen molar-refractivity contribution in [2.75, 3.05) is 37.5 Å². The van der Waals surface area contributed by atoms with Crippen LogP contribution in [0.4, 0.5) is 11.4 Å². The molecule has 0 saturated carbocycles. The lowest BCUT2D eigenvalue weighted by atomic mass is 10.0. The molecule has 0 heterocycles. The van der Waals surface area contributed by atoms with Gasteiger partial charge in [-0.1, -0.05) is 6.08 Å². The third kappa shape index (κ3) is 4.37. The van der Waals surface area contributed by atoms with Gasteiger partial charge in [0.1, 0.15) is 17.7 Å². The summed E-state index contributed by atoms with van der Waals surface area (Å²) in [6.45, 7) is 2.46. The van der Waals surface area contributed by atoms with Crippen molar-refractivity contribution in [3.8, 4) is 0 Å². The molecule has 1 aromatic rings. The Balaban J connectivity index is 2.07. The van der Waals surface area contributed by atoms with Crippen LogP contribution >= 0.6 is 0 Å². The van der Waals surface area contributed by atoms with Crippen molar-refractivity contribution >= 4 is 23.7 Å². The first-order chi connectivity index (χ1) is 11.5. The molecule has 0 aliphatic heterocycles. The minimum absolute atomic E-state index is 0.338. The molecule has 0 N–H and O–H groups in total. The molecule has 1 aromatic carbocycles. The van der Waals surface area contributed by atoms with Gasteiger partial charge in [0.05, 0.1) is 18.5 Å². The summed E-state index contributed by atoms with van der Waals surface area (Å²) in [6, 6.07) is 7.82. The van der Waals surface area contributed by atoms with Crippen LogP contribution in [0.3, 0.4) is 0 Å². The van der Waals surface area contributed by atoms with Crippen LogP contribution in [0.25, 0.3) is 0 Å². The van der Waals surface area contributed by atoms with E-state index in [1.54, 1.807) is 12.4 Å². The molecule has 1 aliphatic rings. The summed E-state index contributed by atoms with van der Waals surface area (Å²) in [6.07, 6.45) is 7.07. The predicted octanol–water partition coefficient (Wildman–Crippen LogP) is 2.83. The number of allylic oxidation sites excluding steroid dienone is 1. The van der Waals surface area contributed by atoms with E-state index in [2.05, 4.69) is 4.99 Å². The third-order valence-electron chi connectivity index (χ3n) is 3.66. The van der Waals surface area contributed by atoms with Gasteiger partial charge in [0.2, 0.25) is 0 Å². The highest BCUT2D eigenvalue weighted by atomic mass is 16.5. The van der Waals surface area contributed by atoms with Crippen LogP contribution in [-0.4, -0.2) is 46.1 Å². The highest BCUT2D eigenvalue weighted by molar-refractivity contribution is 5.80. The van der Waals surface area contributed by atoms with E-state index in [1.807, 2.05) is 80.2 Å². The summed E-state index contributed by atoms with van der Waals surface area (Å²) in [5.74, 6) is 2.61. The van der Waals surface area contributed by atoms with E-state index >= 15 is 0 Å². The first-order valence-electron chi connectivity index (χ1n) is 7.86. The van der Waals surface area contributed by atoms with Gasteiger partial charge in [-0.05, 0) is 43.3 Å². The van der Waals surface area contributed by atoms with Gasteiger partial charge in [-0.2, -0.15) is 0 Å². The van der Waals surface area contributed by atoms with Crippen LogP contribution in [0.2, 0.25) is 0 Å². The zero-order valence-electron chi connectivity index (χ0n) is 14.6. The molecule has 1 aliphatic carbocycles. The monoisotopic (exact) mass is 325 g/mol. The minimum atomic E-state index is -0.338. The summed E-state index contributed by atoms with van der Waals surface area (Å²) >= 11 is 0. The Bertz CT molecular complexity index is 696. The van der Waals surface area contributed by atoms with Crippen LogP contribution in [-0.2, 0) is 9.53 Å². The molecule has 0 aromatic heterocycles. The normalized spacial score (nSPS) is 16.8. The van der Waals surface area contributed by atoms with Gasteiger partial charge < -0.3 is 14.5 Å². The number of anilines is 2. The van der Waals surface area contributed by atoms with E-state index in [4.69, 9.17) is 4.74 Å². The summed E-state index contributed by atoms with van der Waals surface area (Å²) in [7, 11) is 5.94. The Morgan fingerprint density at radius 2 is 1.88 bits per heavy atom. The maximum Gasteiger partial charge on any atom is 0.130 e. The van der Waals surface area contributed by atoms with E-state index in [9.17, 15) is 4.79 Å².